The number of rotatable bonds is 2. The molecular weight excluding hydrogens is 182 g/mol. The van der Waals surface area contributed by atoms with Crippen molar-refractivity contribution in [1.29, 1.82) is 0 Å². The van der Waals surface area contributed by atoms with Crippen LogP contribution in [0.3, 0.4) is 0 Å². The number of hydrogen-bond acceptors (Lipinski definition) is 2. The number of likely N-dealkylation sites (tertiary alicyclic amines) is 1. The minimum atomic E-state index is -0.00958. The molecule has 1 aliphatic heterocycles. The first-order chi connectivity index (χ1) is 6.28. The summed E-state index contributed by atoms with van der Waals surface area (Å²) >= 11 is 1.76. The molecule has 2 aliphatic rings. The van der Waals surface area contributed by atoms with Gasteiger partial charge in [0.25, 0.3) is 0 Å². The summed E-state index contributed by atoms with van der Waals surface area (Å²) in [6, 6.07) is 0. The largest absolute Gasteiger partial charge is 0.341 e. The number of hydrogen-bond donors (Lipinski definition) is 0. The molecule has 2 fully saturated rings. The first-order valence-corrected chi connectivity index (χ1v) is 6.35. The van der Waals surface area contributed by atoms with Gasteiger partial charge in [-0.3, -0.25) is 4.79 Å². The van der Waals surface area contributed by atoms with Crippen LogP contribution in [0.4, 0.5) is 0 Å². The van der Waals surface area contributed by atoms with Crippen molar-refractivity contribution in [2.45, 2.75) is 36.9 Å². The maximum absolute atomic E-state index is 12.1. The van der Waals surface area contributed by atoms with E-state index in [0.717, 1.165) is 25.9 Å². The number of carbonyl (C=O) groups is 1. The lowest BCUT2D eigenvalue weighted by Crippen LogP contribution is -2.50. The van der Waals surface area contributed by atoms with Gasteiger partial charge in [0.15, 0.2) is 0 Å². The quantitative estimate of drug-likeness (QED) is 0.677. The first kappa shape index (κ1) is 9.38. The molecule has 0 atom stereocenters. The highest BCUT2D eigenvalue weighted by atomic mass is 32.2. The van der Waals surface area contributed by atoms with E-state index in [-0.39, 0.29) is 4.75 Å². The van der Waals surface area contributed by atoms with Gasteiger partial charge < -0.3 is 4.90 Å². The van der Waals surface area contributed by atoms with Gasteiger partial charge in [-0.05, 0) is 38.4 Å². The van der Waals surface area contributed by atoms with Crippen LogP contribution in [0.25, 0.3) is 0 Å². The van der Waals surface area contributed by atoms with E-state index >= 15 is 0 Å². The molecule has 2 rings (SSSR count). The van der Waals surface area contributed by atoms with Crippen LogP contribution >= 0.6 is 11.8 Å². The molecule has 0 aromatic rings. The zero-order valence-electron chi connectivity index (χ0n) is 8.21. The van der Waals surface area contributed by atoms with Gasteiger partial charge in [-0.2, -0.15) is 0 Å². The Hall–Kier alpha value is -0.180. The molecule has 0 unspecified atom stereocenters. The Bertz CT molecular complexity index is 201. The molecule has 1 saturated carbocycles. The highest BCUT2D eigenvalue weighted by molar-refractivity contribution is 8.00. The lowest BCUT2D eigenvalue weighted by molar-refractivity contribution is -0.134. The van der Waals surface area contributed by atoms with Crippen LogP contribution in [0.1, 0.15) is 32.1 Å². The van der Waals surface area contributed by atoms with Crippen LogP contribution in [0.15, 0.2) is 0 Å². The summed E-state index contributed by atoms with van der Waals surface area (Å²) in [6.45, 7) is 2.00. The Morgan fingerprint density at radius 1 is 1.23 bits per heavy atom. The smallest absolute Gasteiger partial charge is 0.238 e. The van der Waals surface area contributed by atoms with Crippen molar-refractivity contribution in [3.05, 3.63) is 0 Å². The maximum Gasteiger partial charge on any atom is 0.238 e. The summed E-state index contributed by atoms with van der Waals surface area (Å²) in [5, 5.41) is 0. The molecule has 0 N–H and O–H groups in total. The average molecular weight is 199 g/mol. The van der Waals surface area contributed by atoms with Crippen molar-refractivity contribution in [2.75, 3.05) is 19.3 Å². The van der Waals surface area contributed by atoms with Gasteiger partial charge in [-0.1, -0.05) is 0 Å². The molecule has 0 aromatic heterocycles. The number of thioether (sulfide) groups is 1. The van der Waals surface area contributed by atoms with Crippen LogP contribution in [0, 0.1) is 0 Å². The van der Waals surface area contributed by atoms with E-state index in [4.69, 9.17) is 0 Å². The third-order valence-corrected chi connectivity index (χ3v) is 4.70. The van der Waals surface area contributed by atoms with Gasteiger partial charge in [0.05, 0.1) is 4.75 Å². The van der Waals surface area contributed by atoms with Crippen molar-refractivity contribution in [3.8, 4) is 0 Å². The molecule has 1 saturated heterocycles. The first-order valence-electron chi connectivity index (χ1n) is 5.13. The van der Waals surface area contributed by atoms with E-state index in [1.54, 1.807) is 11.8 Å². The molecule has 13 heavy (non-hydrogen) atoms. The van der Waals surface area contributed by atoms with Crippen LogP contribution in [0.2, 0.25) is 0 Å². The summed E-state index contributed by atoms with van der Waals surface area (Å²) in [5.74, 6) is 0.420. The molecule has 0 aromatic carbocycles. The molecule has 0 radical (unpaired) electrons. The monoisotopic (exact) mass is 199 g/mol. The van der Waals surface area contributed by atoms with Crippen molar-refractivity contribution >= 4 is 17.7 Å². The van der Waals surface area contributed by atoms with E-state index in [9.17, 15) is 4.79 Å². The zero-order chi connectivity index (χ0) is 9.31. The molecule has 1 aliphatic carbocycles. The summed E-state index contributed by atoms with van der Waals surface area (Å²) < 4.78 is -0.00958. The van der Waals surface area contributed by atoms with E-state index in [1.807, 2.05) is 0 Å². The fourth-order valence-electron chi connectivity index (χ4n) is 2.21. The van der Waals surface area contributed by atoms with Gasteiger partial charge in [-0.15, -0.1) is 11.8 Å². The van der Waals surface area contributed by atoms with Gasteiger partial charge in [0, 0.05) is 13.1 Å². The van der Waals surface area contributed by atoms with Crippen molar-refractivity contribution < 1.29 is 4.79 Å². The van der Waals surface area contributed by atoms with Gasteiger partial charge in [0.1, 0.15) is 0 Å². The molecule has 0 spiro atoms. The molecule has 3 heteroatoms. The molecule has 74 valence electrons. The number of carbonyl (C=O) groups excluding carboxylic acids is 1. The van der Waals surface area contributed by atoms with Crippen molar-refractivity contribution in [2.24, 2.45) is 0 Å². The Labute approximate surface area is 84.1 Å². The van der Waals surface area contributed by atoms with E-state index in [2.05, 4.69) is 11.2 Å². The third kappa shape index (κ3) is 1.47. The fourth-order valence-corrected chi connectivity index (χ4v) is 3.21. The van der Waals surface area contributed by atoms with Gasteiger partial charge in [-0.25, -0.2) is 0 Å². The summed E-state index contributed by atoms with van der Waals surface area (Å²) in [5.41, 5.74) is 0. The Balaban J connectivity index is 2.01. The lowest BCUT2D eigenvalue weighted by atomic mass is 9.83. The highest BCUT2D eigenvalue weighted by Gasteiger charge is 2.45. The number of amides is 1. The fraction of sp³-hybridized carbons (Fsp3) is 0.900. The van der Waals surface area contributed by atoms with Crippen LogP contribution in [0.5, 0.6) is 0 Å². The maximum atomic E-state index is 12.1. The zero-order valence-corrected chi connectivity index (χ0v) is 9.03. The Morgan fingerprint density at radius 2 is 1.85 bits per heavy atom. The van der Waals surface area contributed by atoms with E-state index in [1.165, 1.54) is 19.3 Å². The standard InChI is InChI=1S/C10H17NOS/c1-13-10(5-4-6-10)9(12)11-7-2-3-8-11/h2-8H2,1H3. The van der Waals surface area contributed by atoms with Crippen LogP contribution in [-0.2, 0) is 4.79 Å². The lowest BCUT2D eigenvalue weighted by Gasteiger charge is -2.41. The van der Waals surface area contributed by atoms with Crippen LogP contribution in [-0.4, -0.2) is 34.9 Å². The predicted molar refractivity (Wildman–Crippen MR) is 55.9 cm³/mol. The second-order valence-corrected chi connectivity index (χ2v) is 5.24. The van der Waals surface area contributed by atoms with Crippen molar-refractivity contribution in [1.82, 2.24) is 4.90 Å². The normalized spacial score (nSPS) is 25.8. The molecule has 1 heterocycles. The Morgan fingerprint density at radius 3 is 2.23 bits per heavy atom. The van der Waals surface area contributed by atoms with Gasteiger partial charge >= 0.3 is 0 Å². The molecule has 0 bridgehead atoms. The summed E-state index contributed by atoms with van der Waals surface area (Å²) in [7, 11) is 0. The van der Waals surface area contributed by atoms with Crippen molar-refractivity contribution in [3.63, 3.8) is 0 Å². The SMILES string of the molecule is CSC1(C(=O)N2CCCC2)CCC1. The molecule has 2 nitrogen and oxygen atoms in total. The van der Waals surface area contributed by atoms with Crippen LogP contribution < -0.4 is 0 Å². The second-order valence-electron chi connectivity index (χ2n) is 4.05. The summed E-state index contributed by atoms with van der Waals surface area (Å²) in [4.78, 5) is 14.2. The molecular formula is C10H17NOS. The third-order valence-electron chi connectivity index (χ3n) is 3.34. The number of nitrogens with zero attached hydrogens (tertiary/aromatic N) is 1. The summed E-state index contributed by atoms with van der Waals surface area (Å²) in [6.07, 6.45) is 7.92. The van der Waals surface area contributed by atoms with E-state index < -0.39 is 0 Å². The molecule has 1 amide bonds. The average Bonchev–Trinajstić information content (AvgIpc) is 2.54. The topological polar surface area (TPSA) is 20.3 Å². The van der Waals surface area contributed by atoms with Gasteiger partial charge in [0.2, 0.25) is 5.91 Å². The Kier molecular flexibility index (Phi) is 2.54. The second kappa shape index (κ2) is 3.52. The predicted octanol–water partition coefficient (Wildman–Crippen LogP) is 1.89. The van der Waals surface area contributed by atoms with E-state index in [0.29, 0.717) is 5.91 Å². The highest BCUT2D eigenvalue weighted by Crippen LogP contribution is 2.44. The minimum absolute atomic E-state index is 0.00958. The minimum Gasteiger partial charge on any atom is -0.341 e.